The smallest absolute Gasteiger partial charge is 0.223 e. The number of benzene rings is 2. The first-order valence-corrected chi connectivity index (χ1v) is 10.9. The first-order valence-electron chi connectivity index (χ1n) is 7.96. The van der Waals surface area contributed by atoms with Crippen molar-refractivity contribution in [1.29, 1.82) is 0 Å². The molecule has 3 rings (SSSR count). The molecule has 1 heterocycles. The molecule has 0 aliphatic carbocycles. The van der Waals surface area contributed by atoms with Crippen molar-refractivity contribution in [2.75, 3.05) is 13.1 Å². The molecule has 9 heteroatoms. The van der Waals surface area contributed by atoms with E-state index in [-0.39, 0.29) is 35.7 Å². The summed E-state index contributed by atoms with van der Waals surface area (Å²) < 4.78 is 77.9. The monoisotopic (exact) mass is 401 g/mol. The Balaban J connectivity index is 1.75. The number of rotatable bonds is 4. The van der Waals surface area contributed by atoms with Crippen LogP contribution in [-0.2, 0) is 19.9 Å². The van der Waals surface area contributed by atoms with Gasteiger partial charge in [0.05, 0.1) is 15.0 Å². The Bertz CT molecular complexity index is 997. The predicted molar refractivity (Wildman–Crippen MR) is 91.8 cm³/mol. The summed E-state index contributed by atoms with van der Waals surface area (Å²) in [6.07, 6.45) is 0.239. The van der Waals surface area contributed by atoms with E-state index in [2.05, 4.69) is 0 Å². The molecule has 0 aromatic heterocycles. The second-order valence-corrected chi connectivity index (χ2v) is 10.2. The van der Waals surface area contributed by atoms with E-state index in [4.69, 9.17) is 0 Å². The number of hydrogen-bond acceptors (Lipinski definition) is 4. The number of sulfonamides is 1. The summed E-state index contributed by atoms with van der Waals surface area (Å²) in [4.78, 5) is -0.136. The number of hydrogen-bond donors (Lipinski definition) is 0. The van der Waals surface area contributed by atoms with Crippen LogP contribution in [0, 0.1) is 11.6 Å². The summed E-state index contributed by atoms with van der Waals surface area (Å²) in [5.74, 6) is -1.18. The minimum absolute atomic E-state index is 0.0178. The van der Waals surface area contributed by atoms with E-state index in [0.29, 0.717) is 0 Å². The van der Waals surface area contributed by atoms with Crippen LogP contribution in [0.1, 0.15) is 12.8 Å². The molecular weight excluding hydrogens is 384 g/mol. The molecule has 0 spiro atoms. The van der Waals surface area contributed by atoms with E-state index < -0.39 is 36.7 Å². The highest BCUT2D eigenvalue weighted by atomic mass is 32.2. The van der Waals surface area contributed by atoms with Crippen molar-refractivity contribution < 1.29 is 25.6 Å². The quantitative estimate of drug-likeness (QED) is 0.739. The lowest BCUT2D eigenvalue weighted by Gasteiger charge is -2.31. The largest absolute Gasteiger partial charge is 0.243 e. The number of halogens is 2. The number of sulfone groups is 1. The second-order valence-electron chi connectivity index (χ2n) is 6.06. The summed E-state index contributed by atoms with van der Waals surface area (Å²) in [6, 6.07) is 9.29. The molecule has 0 amide bonds. The average Bonchev–Trinajstić information content (AvgIpc) is 2.62. The van der Waals surface area contributed by atoms with E-state index in [9.17, 15) is 25.6 Å². The lowest BCUT2D eigenvalue weighted by molar-refractivity contribution is 0.345. The molecule has 1 aliphatic heterocycles. The minimum Gasteiger partial charge on any atom is -0.223 e. The number of nitrogens with zero attached hydrogens (tertiary/aromatic N) is 1. The Morgan fingerprint density at radius 3 is 2.00 bits per heavy atom. The highest BCUT2D eigenvalue weighted by Gasteiger charge is 2.35. The molecule has 0 N–H and O–H groups in total. The van der Waals surface area contributed by atoms with Crippen molar-refractivity contribution >= 4 is 19.9 Å². The van der Waals surface area contributed by atoms with Crippen LogP contribution in [0.15, 0.2) is 58.3 Å². The lowest BCUT2D eigenvalue weighted by atomic mass is 10.2. The molecule has 26 heavy (non-hydrogen) atoms. The first-order chi connectivity index (χ1) is 12.2. The van der Waals surface area contributed by atoms with Crippen molar-refractivity contribution in [3.8, 4) is 0 Å². The molecule has 0 atom stereocenters. The maximum Gasteiger partial charge on any atom is 0.243 e. The Labute approximate surface area is 151 Å². The van der Waals surface area contributed by atoms with E-state index in [0.717, 1.165) is 24.3 Å². The second kappa shape index (κ2) is 7.05. The molecule has 1 aliphatic rings. The van der Waals surface area contributed by atoms with E-state index in [1.165, 1.54) is 28.6 Å². The highest BCUT2D eigenvalue weighted by Crippen LogP contribution is 2.28. The van der Waals surface area contributed by atoms with Gasteiger partial charge in [-0.15, -0.1) is 0 Å². The summed E-state index contributed by atoms with van der Waals surface area (Å²) in [7, 11) is -7.54. The maximum atomic E-state index is 13.3. The molecule has 5 nitrogen and oxygen atoms in total. The fraction of sp³-hybridized carbons (Fsp3) is 0.294. The summed E-state index contributed by atoms with van der Waals surface area (Å²) in [5, 5.41) is -0.744. The molecule has 0 unspecified atom stereocenters. The van der Waals surface area contributed by atoms with Crippen LogP contribution in [0.25, 0.3) is 0 Å². The standard InChI is InChI=1S/C17H17F2NO4S2/c18-13-4-6-15(7-5-13)25(21,22)16-8-10-20(11-9-16)26(23,24)17-3-1-2-14(19)12-17/h1-7,12,16H,8-11H2. The zero-order chi connectivity index (χ0) is 18.9. The Morgan fingerprint density at radius 2 is 1.42 bits per heavy atom. The third kappa shape index (κ3) is 3.65. The van der Waals surface area contributed by atoms with Gasteiger partial charge in [0.25, 0.3) is 0 Å². The topological polar surface area (TPSA) is 71.5 Å². The van der Waals surface area contributed by atoms with Gasteiger partial charge in [-0.05, 0) is 55.3 Å². The third-order valence-electron chi connectivity index (χ3n) is 4.42. The first kappa shape index (κ1) is 18.9. The van der Waals surface area contributed by atoms with Crippen LogP contribution >= 0.6 is 0 Å². The van der Waals surface area contributed by atoms with Crippen molar-refractivity contribution in [3.63, 3.8) is 0 Å². The van der Waals surface area contributed by atoms with E-state index in [1.807, 2.05) is 0 Å². The lowest BCUT2D eigenvalue weighted by Crippen LogP contribution is -2.42. The van der Waals surface area contributed by atoms with Crippen molar-refractivity contribution in [2.24, 2.45) is 0 Å². The Morgan fingerprint density at radius 1 is 0.808 bits per heavy atom. The van der Waals surface area contributed by atoms with Gasteiger partial charge < -0.3 is 0 Å². The average molecular weight is 401 g/mol. The van der Waals surface area contributed by atoms with Crippen molar-refractivity contribution in [3.05, 3.63) is 60.2 Å². The van der Waals surface area contributed by atoms with Crippen LogP contribution < -0.4 is 0 Å². The van der Waals surface area contributed by atoms with Crippen LogP contribution in [0.3, 0.4) is 0 Å². The minimum atomic E-state index is -3.87. The Kier molecular flexibility index (Phi) is 5.14. The van der Waals surface area contributed by atoms with Crippen LogP contribution in [0.2, 0.25) is 0 Å². The van der Waals surface area contributed by atoms with Gasteiger partial charge in [-0.25, -0.2) is 25.6 Å². The normalized spacial score (nSPS) is 17.3. The predicted octanol–water partition coefficient (Wildman–Crippen LogP) is 2.59. The zero-order valence-electron chi connectivity index (χ0n) is 13.7. The van der Waals surface area contributed by atoms with Gasteiger partial charge in [0.15, 0.2) is 9.84 Å². The molecule has 1 fully saturated rings. The van der Waals surface area contributed by atoms with Crippen LogP contribution in [0.5, 0.6) is 0 Å². The summed E-state index contributed by atoms with van der Waals surface area (Å²) in [5.41, 5.74) is 0. The maximum absolute atomic E-state index is 13.3. The van der Waals surface area contributed by atoms with Crippen molar-refractivity contribution in [1.82, 2.24) is 4.31 Å². The SMILES string of the molecule is O=S(=O)(c1ccc(F)cc1)C1CCN(S(=O)(=O)c2cccc(F)c2)CC1. The van der Waals surface area contributed by atoms with Gasteiger partial charge in [-0.1, -0.05) is 6.07 Å². The molecule has 0 saturated carbocycles. The van der Waals surface area contributed by atoms with Gasteiger partial charge in [0.2, 0.25) is 10.0 Å². The van der Waals surface area contributed by atoms with Gasteiger partial charge in [-0.3, -0.25) is 0 Å². The molecule has 2 aromatic rings. The number of piperidine rings is 1. The zero-order valence-corrected chi connectivity index (χ0v) is 15.3. The van der Waals surface area contributed by atoms with E-state index >= 15 is 0 Å². The van der Waals surface area contributed by atoms with Gasteiger partial charge in [0, 0.05) is 13.1 Å². The van der Waals surface area contributed by atoms with Gasteiger partial charge in [-0.2, -0.15) is 4.31 Å². The fourth-order valence-corrected chi connectivity index (χ4v) is 6.21. The Hall–Kier alpha value is -1.84. The van der Waals surface area contributed by atoms with Gasteiger partial charge >= 0.3 is 0 Å². The van der Waals surface area contributed by atoms with Gasteiger partial charge in [0.1, 0.15) is 11.6 Å². The third-order valence-corrected chi connectivity index (χ3v) is 8.59. The fourth-order valence-electron chi connectivity index (χ4n) is 2.98. The molecular formula is C17H17F2NO4S2. The summed E-state index contributed by atoms with van der Waals surface area (Å²) >= 11 is 0. The van der Waals surface area contributed by atoms with Crippen LogP contribution in [-0.4, -0.2) is 39.5 Å². The molecule has 0 radical (unpaired) electrons. The van der Waals surface area contributed by atoms with Crippen molar-refractivity contribution in [2.45, 2.75) is 27.9 Å². The molecule has 140 valence electrons. The molecule has 0 bridgehead atoms. The molecule has 1 saturated heterocycles. The summed E-state index contributed by atoms with van der Waals surface area (Å²) in [6.45, 7) is 0.0356. The highest BCUT2D eigenvalue weighted by molar-refractivity contribution is 7.92. The molecule has 2 aromatic carbocycles. The van der Waals surface area contributed by atoms with Crippen LogP contribution in [0.4, 0.5) is 8.78 Å². The van der Waals surface area contributed by atoms with E-state index in [1.54, 1.807) is 0 Å².